The number of anilines is 1. The average Bonchev–Trinajstić information content (AvgIpc) is 3.20. The fourth-order valence-electron chi connectivity index (χ4n) is 3.41. The molecule has 2 aromatic heterocycles. The summed E-state index contributed by atoms with van der Waals surface area (Å²) in [6, 6.07) is 0.943. The monoisotopic (exact) mass is 394 g/mol. The lowest BCUT2D eigenvalue weighted by Gasteiger charge is -2.36. The molecule has 1 atom stereocenters. The van der Waals surface area contributed by atoms with Crippen LogP contribution in [-0.2, 0) is 28.4 Å². The van der Waals surface area contributed by atoms with E-state index in [9.17, 15) is 13.2 Å². The molecule has 10 nitrogen and oxygen atoms in total. The van der Waals surface area contributed by atoms with Gasteiger partial charge in [0.05, 0.1) is 19.0 Å². The summed E-state index contributed by atoms with van der Waals surface area (Å²) < 4.78 is 32.9. The molecule has 0 spiro atoms. The van der Waals surface area contributed by atoms with Gasteiger partial charge in [0.1, 0.15) is 11.9 Å². The quantitative estimate of drug-likeness (QED) is 0.706. The maximum Gasteiger partial charge on any atom is 0.246 e. The molecule has 1 saturated carbocycles. The molecular formula is C16H22N6O4S. The van der Waals surface area contributed by atoms with Gasteiger partial charge in [0.25, 0.3) is 0 Å². The van der Waals surface area contributed by atoms with Crippen LogP contribution < -0.4 is 4.90 Å². The van der Waals surface area contributed by atoms with Crippen molar-refractivity contribution in [2.75, 3.05) is 17.7 Å². The first kappa shape index (κ1) is 18.1. The van der Waals surface area contributed by atoms with Crippen LogP contribution in [0.4, 0.5) is 5.82 Å². The van der Waals surface area contributed by atoms with Crippen LogP contribution in [0.3, 0.4) is 0 Å². The third-order valence-corrected chi connectivity index (χ3v) is 6.20. The van der Waals surface area contributed by atoms with Crippen molar-refractivity contribution in [1.82, 2.24) is 24.2 Å². The first-order valence-electron chi connectivity index (χ1n) is 8.93. The van der Waals surface area contributed by atoms with E-state index in [0.717, 1.165) is 19.1 Å². The minimum absolute atomic E-state index is 0.0787. The van der Waals surface area contributed by atoms with Gasteiger partial charge in [-0.2, -0.15) is 14.4 Å². The minimum atomic E-state index is -3.65. The summed E-state index contributed by atoms with van der Waals surface area (Å²) in [5.41, 5.74) is 0. The highest BCUT2D eigenvalue weighted by atomic mass is 32.2. The van der Waals surface area contributed by atoms with Crippen LogP contribution in [0, 0.1) is 0 Å². The lowest BCUT2D eigenvalue weighted by atomic mass is 10.0. The van der Waals surface area contributed by atoms with Gasteiger partial charge >= 0.3 is 0 Å². The smallest absolute Gasteiger partial charge is 0.246 e. The predicted molar refractivity (Wildman–Crippen MR) is 95.2 cm³/mol. The van der Waals surface area contributed by atoms with Crippen molar-refractivity contribution in [2.24, 2.45) is 7.05 Å². The van der Waals surface area contributed by atoms with Crippen LogP contribution in [0.15, 0.2) is 16.8 Å². The Morgan fingerprint density at radius 3 is 2.74 bits per heavy atom. The first-order valence-corrected chi connectivity index (χ1v) is 10.8. The van der Waals surface area contributed by atoms with Gasteiger partial charge in [0, 0.05) is 25.6 Å². The standard InChI is InChI=1S/C16H22N6O4S/c1-20-14(7-8-17-20)21-9-3-4-12(16(21)23)22(27(2,24)25)10-13-18-15(26-19-13)11-5-6-11/h7-8,11-12H,3-6,9-10H2,1-2H3/t12-/m1/s1. The third-order valence-electron chi connectivity index (χ3n) is 4.96. The second-order valence-electron chi connectivity index (χ2n) is 7.09. The molecule has 2 aliphatic rings. The van der Waals surface area contributed by atoms with E-state index in [1.807, 2.05) is 0 Å². The molecule has 1 aliphatic carbocycles. The highest BCUT2D eigenvalue weighted by molar-refractivity contribution is 7.88. The van der Waals surface area contributed by atoms with Crippen LogP contribution in [-0.4, -0.2) is 57.4 Å². The molecule has 1 aliphatic heterocycles. The largest absolute Gasteiger partial charge is 0.339 e. The van der Waals surface area contributed by atoms with Gasteiger partial charge < -0.3 is 4.52 Å². The molecule has 27 heavy (non-hydrogen) atoms. The zero-order valence-corrected chi connectivity index (χ0v) is 16.1. The zero-order valence-electron chi connectivity index (χ0n) is 15.3. The van der Waals surface area contributed by atoms with E-state index in [1.165, 1.54) is 4.31 Å². The molecule has 1 saturated heterocycles. The van der Waals surface area contributed by atoms with E-state index in [4.69, 9.17) is 4.52 Å². The molecule has 3 heterocycles. The van der Waals surface area contributed by atoms with Crippen LogP contribution in [0.5, 0.6) is 0 Å². The van der Waals surface area contributed by atoms with Crippen molar-refractivity contribution >= 4 is 21.7 Å². The highest BCUT2D eigenvalue weighted by Crippen LogP contribution is 2.39. The van der Waals surface area contributed by atoms with Gasteiger partial charge in [0.2, 0.25) is 21.8 Å². The molecule has 0 bridgehead atoms. The lowest BCUT2D eigenvalue weighted by Crippen LogP contribution is -2.54. The molecule has 4 rings (SSSR count). The Morgan fingerprint density at radius 2 is 2.11 bits per heavy atom. The summed E-state index contributed by atoms with van der Waals surface area (Å²) >= 11 is 0. The number of rotatable bonds is 6. The molecule has 0 N–H and O–H groups in total. The molecule has 0 radical (unpaired) electrons. The molecular weight excluding hydrogens is 372 g/mol. The number of aryl methyl sites for hydroxylation is 1. The average molecular weight is 394 g/mol. The fraction of sp³-hybridized carbons (Fsp3) is 0.625. The number of hydrogen-bond acceptors (Lipinski definition) is 7. The summed E-state index contributed by atoms with van der Waals surface area (Å²) in [6.07, 6.45) is 5.88. The normalized spacial score (nSPS) is 21.2. The molecule has 1 amide bonds. The van der Waals surface area contributed by atoms with E-state index in [0.29, 0.717) is 31.1 Å². The van der Waals surface area contributed by atoms with E-state index in [-0.39, 0.29) is 24.2 Å². The summed E-state index contributed by atoms with van der Waals surface area (Å²) in [6.45, 7) is 0.450. The molecule has 2 aromatic rings. The van der Waals surface area contributed by atoms with Crippen LogP contribution in [0.2, 0.25) is 0 Å². The lowest BCUT2D eigenvalue weighted by molar-refractivity contribution is -0.123. The van der Waals surface area contributed by atoms with E-state index >= 15 is 0 Å². The van der Waals surface area contributed by atoms with Gasteiger partial charge in [-0.1, -0.05) is 5.16 Å². The van der Waals surface area contributed by atoms with Crippen molar-refractivity contribution in [3.8, 4) is 0 Å². The number of carbonyl (C=O) groups excluding carboxylic acids is 1. The number of piperidine rings is 1. The second-order valence-corrected chi connectivity index (χ2v) is 9.03. The van der Waals surface area contributed by atoms with Gasteiger partial charge in [-0.15, -0.1) is 0 Å². The molecule has 146 valence electrons. The van der Waals surface area contributed by atoms with Crippen molar-refractivity contribution in [1.29, 1.82) is 0 Å². The van der Waals surface area contributed by atoms with E-state index < -0.39 is 16.1 Å². The van der Waals surface area contributed by atoms with Crippen LogP contribution in [0.25, 0.3) is 0 Å². The fourth-order valence-corrected chi connectivity index (χ4v) is 4.42. The topological polar surface area (TPSA) is 114 Å². The molecule has 0 unspecified atom stereocenters. The van der Waals surface area contributed by atoms with Crippen molar-refractivity contribution in [3.05, 3.63) is 24.0 Å². The predicted octanol–water partition coefficient (Wildman–Crippen LogP) is 0.638. The minimum Gasteiger partial charge on any atom is -0.339 e. The summed E-state index contributed by atoms with van der Waals surface area (Å²) in [4.78, 5) is 19.0. The Balaban J connectivity index is 1.59. The van der Waals surface area contributed by atoms with Crippen LogP contribution in [0.1, 0.15) is 43.3 Å². The third kappa shape index (κ3) is 3.61. The maximum absolute atomic E-state index is 13.1. The van der Waals surface area contributed by atoms with Gasteiger partial charge in [0.15, 0.2) is 5.82 Å². The van der Waals surface area contributed by atoms with Gasteiger partial charge in [-0.25, -0.2) is 8.42 Å². The molecule has 2 fully saturated rings. The van der Waals surface area contributed by atoms with Crippen LogP contribution >= 0.6 is 0 Å². The first-order chi connectivity index (χ1) is 12.8. The Kier molecular flexibility index (Phi) is 4.50. The number of nitrogens with zero attached hydrogens (tertiary/aromatic N) is 6. The Labute approximate surface area is 157 Å². The Bertz CT molecular complexity index is 948. The number of aromatic nitrogens is 4. The number of amides is 1. The van der Waals surface area contributed by atoms with Crippen molar-refractivity contribution < 1.29 is 17.7 Å². The van der Waals surface area contributed by atoms with Gasteiger partial charge in [-0.3, -0.25) is 14.4 Å². The highest BCUT2D eigenvalue weighted by Gasteiger charge is 2.40. The zero-order chi connectivity index (χ0) is 19.2. The summed E-state index contributed by atoms with van der Waals surface area (Å²) in [5.74, 6) is 1.50. The van der Waals surface area contributed by atoms with Crippen molar-refractivity contribution in [2.45, 2.75) is 44.2 Å². The molecule has 11 heteroatoms. The number of sulfonamides is 1. The molecule has 0 aromatic carbocycles. The number of hydrogen-bond donors (Lipinski definition) is 0. The van der Waals surface area contributed by atoms with E-state index in [2.05, 4.69) is 15.2 Å². The maximum atomic E-state index is 13.1. The summed E-state index contributed by atoms with van der Waals surface area (Å²) in [5, 5.41) is 8.00. The second kappa shape index (κ2) is 6.71. The Morgan fingerprint density at radius 1 is 1.33 bits per heavy atom. The van der Waals surface area contributed by atoms with Gasteiger partial charge in [-0.05, 0) is 25.7 Å². The van der Waals surface area contributed by atoms with E-state index in [1.54, 1.807) is 28.9 Å². The summed E-state index contributed by atoms with van der Waals surface area (Å²) in [7, 11) is -1.90. The van der Waals surface area contributed by atoms with Crippen molar-refractivity contribution in [3.63, 3.8) is 0 Å². The number of carbonyl (C=O) groups is 1. The SMILES string of the molecule is Cn1nccc1N1CCC[C@@H](N(Cc2noc(C3CC3)n2)S(C)(=O)=O)C1=O. The Hall–Kier alpha value is -2.27.